The van der Waals surface area contributed by atoms with E-state index >= 15 is 0 Å². The molecular formula is C18H18F3N3O2. The van der Waals surface area contributed by atoms with Crippen molar-refractivity contribution in [1.29, 1.82) is 0 Å². The molecule has 1 aromatic carbocycles. The molecule has 2 aromatic rings. The largest absolute Gasteiger partial charge is 0.416 e. The highest BCUT2D eigenvalue weighted by atomic mass is 19.4. The van der Waals surface area contributed by atoms with Gasteiger partial charge in [0.05, 0.1) is 17.2 Å². The summed E-state index contributed by atoms with van der Waals surface area (Å²) < 4.78 is 44.0. The van der Waals surface area contributed by atoms with Gasteiger partial charge in [0.25, 0.3) is 5.91 Å². The van der Waals surface area contributed by atoms with E-state index in [1.54, 1.807) is 12.1 Å². The van der Waals surface area contributed by atoms with Crippen molar-refractivity contribution in [3.63, 3.8) is 0 Å². The molecule has 1 atom stereocenters. The number of hydrogen-bond acceptors (Lipinski definition) is 4. The van der Waals surface area contributed by atoms with Crippen LogP contribution in [0.15, 0.2) is 42.6 Å². The number of halogens is 3. The van der Waals surface area contributed by atoms with Crippen LogP contribution >= 0.6 is 0 Å². The van der Waals surface area contributed by atoms with Crippen molar-refractivity contribution in [3.05, 3.63) is 53.7 Å². The van der Waals surface area contributed by atoms with E-state index in [1.807, 2.05) is 0 Å². The summed E-state index contributed by atoms with van der Waals surface area (Å²) in [5.74, 6) is -0.167. The van der Waals surface area contributed by atoms with Crippen molar-refractivity contribution in [2.24, 2.45) is 0 Å². The topological polar surface area (TPSA) is 63.2 Å². The van der Waals surface area contributed by atoms with Crippen LogP contribution in [0, 0.1) is 0 Å². The van der Waals surface area contributed by atoms with E-state index in [9.17, 15) is 18.0 Å². The molecule has 5 nitrogen and oxygen atoms in total. The highest BCUT2D eigenvalue weighted by Crippen LogP contribution is 2.31. The smallest absolute Gasteiger partial charge is 0.376 e. The number of alkyl halides is 3. The maximum absolute atomic E-state index is 12.8. The number of benzene rings is 1. The lowest BCUT2D eigenvalue weighted by atomic mass is 10.1. The molecule has 0 saturated carbocycles. The lowest BCUT2D eigenvalue weighted by molar-refractivity contribution is -0.137. The van der Waals surface area contributed by atoms with E-state index in [4.69, 9.17) is 4.74 Å². The molecule has 1 aromatic heterocycles. The standard InChI is InChI=1S/C18H18F3N3O2/c19-18(20,21)12-4-1-5-13(10-12)24-16-15(7-2-8-22-16)17(25)23-11-14-6-3-9-26-14/h1-2,4-5,7-8,10,14H,3,6,9,11H2,(H,22,24)(H,23,25)/t14-/m0/s1. The molecule has 1 aliphatic heterocycles. The van der Waals surface area contributed by atoms with Crippen LogP contribution in [0.1, 0.15) is 28.8 Å². The summed E-state index contributed by atoms with van der Waals surface area (Å²) in [7, 11) is 0. The third-order valence-corrected chi connectivity index (χ3v) is 4.02. The van der Waals surface area contributed by atoms with E-state index in [0.717, 1.165) is 25.0 Å². The van der Waals surface area contributed by atoms with Crippen LogP contribution in [0.5, 0.6) is 0 Å². The average Bonchev–Trinajstić information content (AvgIpc) is 3.13. The predicted molar refractivity (Wildman–Crippen MR) is 90.3 cm³/mol. The molecule has 0 radical (unpaired) electrons. The molecule has 3 rings (SSSR count). The average molecular weight is 365 g/mol. The second-order valence-electron chi connectivity index (χ2n) is 5.95. The van der Waals surface area contributed by atoms with Crippen LogP contribution in [-0.4, -0.2) is 30.1 Å². The molecule has 1 fully saturated rings. The number of hydrogen-bond donors (Lipinski definition) is 2. The van der Waals surface area contributed by atoms with E-state index < -0.39 is 11.7 Å². The SMILES string of the molecule is O=C(NC[C@@H]1CCCO1)c1cccnc1Nc1cccc(C(F)(F)F)c1. The van der Waals surface area contributed by atoms with Gasteiger partial charge >= 0.3 is 6.18 Å². The van der Waals surface area contributed by atoms with Gasteiger partial charge in [-0.2, -0.15) is 13.2 Å². The Balaban J connectivity index is 1.73. The highest BCUT2D eigenvalue weighted by molar-refractivity contribution is 5.99. The number of nitrogens with zero attached hydrogens (tertiary/aromatic N) is 1. The fourth-order valence-electron chi connectivity index (χ4n) is 2.71. The first kappa shape index (κ1) is 18.2. The number of anilines is 2. The third-order valence-electron chi connectivity index (χ3n) is 4.02. The predicted octanol–water partition coefficient (Wildman–Crippen LogP) is 3.75. The van der Waals surface area contributed by atoms with Gasteiger partial charge in [0.15, 0.2) is 0 Å². The Bertz CT molecular complexity index is 774. The van der Waals surface area contributed by atoms with Crippen LogP contribution in [-0.2, 0) is 10.9 Å². The van der Waals surface area contributed by atoms with Gasteiger partial charge in [-0.25, -0.2) is 4.98 Å². The molecule has 0 aliphatic carbocycles. The van der Waals surface area contributed by atoms with Gasteiger partial charge in [0.1, 0.15) is 5.82 Å². The van der Waals surface area contributed by atoms with Gasteiger partial charge in [-0.1, -0.05) is 6.07 Å². The fraction of sp³-hybridized carbons (Fsp3) is 0.333. The molecule has 1 saturated heterocycles. The number of carbonyl (C=O) groups is 1. The van der Waals surface area contributed by atoms with Gasteiger partial charge < -0.3 is 15.4 Å². The number of aromatic nitrogens is 1. The number of ether oxygens (including phenoxy) is 1. The van der Waals surface area contributed by atoms with Gasteiger partial charge in [-0.3, -0.25) is 4.79 Å². The molecular weight excluding hydrogens is 347 g/mol. The van der Waals surface area contributed by atoms with Crippen molar-refractivity contribution in [2.75, 3.05) is 18.5 Å². The summed E-state index contributed by atoms with van der Waals surface area (Å²) in [6.07, 6.45) is -1.12. The number of rotatable bonds is 5. The number of amides is 1. The number of pyridine rings is 1. The van der Waals surface area contributed by atoms with Crippen molar-refractivity contribution < 1.29 is 22.7 Å². The summed E-state index contributed by atoms with van der Waals surface area (Å²) in [6.45, 7) is 1.08. The molecule has 8 heteroatoms. The van der Waals surface area contributed by atoms with Gasteiger partial charge in [0.2, 0.25) is 0 Å². The zero-order valence-corrected chi connectivity index (χ0v) is 13.8. The monoisotopic (exact) mass is 365 g/mol. The van der Waals surface area contributed by atoms with Crippen LogP contribution in [0.2, 0.25) is 0 Å². The molecule has 0 spiro atoms. The lowest BCUT2D eigenvalue weighted by Crippen LogP contribution is -2.32. The Morgan fingerprint density at radius 2 is 2.12 bits per heavy atom. The van der Waals surface area contributed by atoms with Crippen molar-refractivity contribution in [1.82, 2.24) is 10.3 Å². The summed E-state index contributed by atoms with van der Waals surface area (Å²) in [5, 5.41) is 5.57. The van der Waals surface area contributed by atoms with Crippen molar-refractivity contribution in [2.45, 2.75) is 25.1 Å². The van der Waals surface area contributed by atoms with Gasteiger partial charge in [-0.15, -0.1) is 0 Å². The number of carbonyl (C=O) groups excluding carboxylic acids is 1. The third kappa shape index (κ3) is 4.51. The van der Waals surface area contributed by atoms with Crippen LogP contribution in [0.3, 0.4) is 0 Å². The van der Waals surface area contributed by atoms with E-state index in [-0.39, 0.29) is 29.1 Å². The Labute approximate surface area is 148 Å². The first-order chi connectivity index (χ1) is 12.4. The van der Waals surface area contributed by atoms with Gasteiger partial charge in [0, 0.05) is 25.0 Å². The Morgan fingerprint density at radius 1 is 1.27 bits per heavy atom. The quantitative estimate of drug-likeness (QED) is 0.847. The van der Waals surface area contributed by atoms with E-state index in [1.165, 1.54) is 18.3 Å². The normalized spacial score (nSPS) is 17.1. The zero-order chi connectivity index (χ0) is 18.6. The minimum atomic E-state index is -4.44. The summed E-state index contributed by atoms with van der Waals surface area (Å²) in [6, 6.07) is 7.90. The minimum absolute atomic E-state index is 0.00417. The van der Waals surface area contributed by atoms with Crippen LogP contribution in [0.25, 0.3) is 0 Å². The van der Waals surface area contributed by atoms with Crippen LogP contribution in [0.4, 0.5) is 24.7 Å². The molecule has 2 N–H and O–H groups in total. The maximum atomic E-state index is 12.8. The van der Waals surface area contributed by atoms with E-state index in [0.29, 0.717) is 13.2 Å². The molecule has 0 bridgehead atoms. The van der Waals surface area contributed by atoms with Crippen molar-refractivity contribution in [3.8, 4) is 0 Å². The molecule has 1 aliphatic rings. The van der Waals surface area contributed by atoms with Crippen molar-refractivity contribution >= 4 is 17.4 Å². The summed E-state index contributed by atoms with van der Waals surface area (Å²) >= 11 is 0. The Morgan fingerprint density at radius 3 is 2.85 bits per heavy atom. The Kier molecular flexibility index (Phi) is 5.41. The molecule has 138 valence electrons. The molecule has 2 heterocycles. The molecule has 1 amide bonds. The second kappa shape index (κ2) is 7.74. The lowest BCUT2D eigenvalue weighted by Gasteiger charge is -2.14. The van der Waals surface area contributed by atoms with Gasteiger partial charge in [-0.05, 0) is 43.2 Å². The zero-order valence-electron chi connectivity index (χ0n) is 13.8. The van der Waals surface area contributed by atoms with Crippen LogP contribution < -0.4 is 10.6 Å². The second-order valence-corrected chi connectivity index (χ2v) is 5.95. The summed E-state index contributed by atoms with van der Waals surface area (Å²) in [4.78, 5) is 16.5. The maximum Gasteiger partial charge on any atom is 0.416 e. The molecule has 0 unspecified atom stereocenters. The fourth-order valence-corrected chi connectivity index (χ4v) is 2.71. The Hall–Kier alpha value is -2.61. The van der Waals surface area contributed by atoms with E-state index in [2.05, 4.69) is 15.6 Å². The summed E-state index contributed by atoms with van der Waals surface area (Å²) in [5.41, 5.74) is -0.322. The highest BCUT2D eigenvalue weighted by Gasteiger charge is 2.30. The minimum Gasteiger partial charge on any atom is -0.376 e. The number of nitrogens with one attached hydrogen (secondary N) is 2. The molecule has 26 heavy (non-hydrogen) atoms. The first-order valence-corrected chi connectivity index (χ1v) is 8.22. The first-order valence-electron chi connectivity index (χ1n) is 8.22.